The van der Waals surface area contributed by atoms with Gasteiger partial charge in [0.2, 0.25) is 0 Å². The van der Waals surface area contributed by atoms with E-state index in [9.17, 15) is 5.11 Å². The van der Waals surface area contributed by atoms with Crippen LogP contribution in [0.2, 0.25) is 0 Å². The van der Waals surface area contributed by atoms with Crippen molar-refractivity contribution in [2.24, 2.45) is 0 Å². The first kappa shape index (κ1) is 15.2. The van der Waals surface area contributed by atoms with E-state index in [1.165, 1.54) is 4.88 Å². The molecule has 2 heterocycles. The van der Waals surface area contributed by atoms with Crippen molar-refractivity contribution >= 4 is 43.2 Å². The van der Waals surface area contributed by atoms with Crippen LogP contribution in [0.3, 0.4) is 0 Å². The number of nitrogens with zero attached hydrogens (tertiary/aromatic N) is 2. The third-order valence-corrected chi connectivity index (χ3v) is 6.31. The van der Waals surface area contributed by atoms with E-state index < -0.39 is 6.10 Å². The first-order chi connectivity index (χ1) is 8.93. The summed E-state index contributed by atoms with van der Waals surface area (Å²) >= 11 is 8.68. The van der Waals surface area contributed by atoms with Crippen molar-refractivity contribution < 1.29 is 5.11 Å². The smallest absolute Gasteiger partial charge is 0.0938 e. The van der Waals surface area contributed by atoms with Gasteiger partial charge < -0.3 is 5.11 Å². The Bertz CT molecular complexity index is 572. The molecule has 2 aromatic rings. The molecule has 0 amide bonds. The van der Waals surface area contributed by atoms with Gasteiger partial charge in [-0.2, -0.15) is 5.10 Å². The summed E-state index contributed by atoms with van der Waals surface area (Å²) < 4.78 is 4.00. The highest BCUT2D eigenvalue weighted by Crippen LogP contribution is 2.33. The Kier molecular flexibility index (Phi) is 4.87. The molecule has 0 aliphatic rings. The average molecular weight is 408 g/mol. The zero-order chi connectivity index (χ0) is 14.2. The predicted octanol–water partition coefficient (Wildman–Crippen LogP) is 4.38. The number of aromatic nitrogens is 2. The van der Waals surface area contributed by atoms with E-state index in [4.69, 9.17) is 0 Å². The molecule has 3 nitrogen and oxygen atoms in total. The monoisotopic (exact) mass is 406 g/mol. The number of rotatable bonds is 4. The van der Waals surface area contributed by atoms with Crippen LogP contribution in [0.4, 0.5) is 0 Å². The molecule has 0 aromatic carbocycles. The second kappa shape index (κ2) is 6.08. The van der Waals surface area contributed by atoms with Crippen LogP contribution < -0.4 is 0 Å². The maximum absolute atomic E-state index is 10.4. The van der Waals surface area contributed by atoms with Crippen molar-refractivity contribution in [3.63, 3.8) is 0 Å². The fraction of sp³-hybridized carbons (Fsp3) is 0.462. The summed E-state index contributed by atoms with van der Waals surface area (Å²) in [5, 5.41) is 14.8. The number of aryl methyl sites for hydroxylation is 3. The van der Waals surface area contributed by atoms with E-state index in [0.29, 0.717) is 6.42 Å². The number of aliphatic hydroxyl groups is 1. The zero-order valence-electron chi connectivity index (χ0n) is 11.1. The fourth-order valence-corrected chi connectivity index (χ4v) is 3.99. The van der Waals surface area contributed by atoms with Gasteiger partial charge in [-0.3, -0.25) is 4.68 Å². The predicted molar refractivity (Wildman–Crippen MR) is 85.8 cm³/mol. The Labute approximate surface area is 133 Å². The summed E-state index contributed by atoms with van der Waals surface area (Å²) in [6.07, 6.45) is 0.0782. The molecule has 1 N–H and O–H groups in total. The van der Waals surface area contributed by atoms with Crippen molar-refractivity contribution in [3.8, 4) is 0 Å². The standard InChI is InChI=1S/C13H16Br2N2OS/c1-4-17-10(13(15)7(2)16-17)6-11(18)12-5-9(14)8(3)19-12/h5,11,18H,4,6H2,1-3H3. The first-order valence-electron chi connectivity index (χ1n) is 6.09. The van der Waals surface area contributed by atoms with Gasteiger partial charge in [0.25, 0.3) is 0 Å². The molecular weight excluding hydrogens is 392 g/mol. The van der Waals surface area contributed by atoms with Crippen LogP contribution in [-0.4, -0.2) is 14.9 Å². The Balaban J connectivity index is 2.25. The molecule has 0 saturated heterocycles. The van der Waals surface area contributed by atoms with Gasteiger partial charge in [-0.15, -0.1) is 11.3 Å². The van der Waals surface area contributed by atoms with Crippen molar-refractivity contribution in [1.29, 1.82) is 0 Å². The molecule has 19 heavy (non-hydrogen) atoms. The van der Waals surface area contributed by atoms with Gasteiger partial charge in [0.1, 0.15) is 0 Å². The molecule has 6 heteroatoms. The molecule has 104 valence electrons. The van der Waals surface area contributed by atoms with Crippen LogP contribution in [0, 0.1) is 13.8 Å². The van der Waals surface area contributed by atoms with E-state index in [-0.39, 0.29) is 0 Å². The topological polar surface area (TPSA) is 38.0 Å². The van der Waals surface area contributed by atoms with Crippen molar-refractivity contribution in [2.45, 2.75) is 39.8 Å². The van der Waals surface area contributed by atoms with Crippen LogP contribution in [-0.2, 0) is 13.0 Å². The average Bonchev–Trinajstić information content (AvgIpc) is 2.84. The second-order valence-corrected chi connectivity index (χ2v) is 7.37. The molecule has 0 bridgehead atoms. The van der Waals surface area contributed by atoms with Crippen molar-refractivity contribution in [2.75, 3.05) is 0 Å². The molecule has 0 aliphatic carbocycles. The van der Waals surface area contributed by atoms with E-state index >= 15 is 0 Å². The Morgan fingerprint density at radius 1 is 1.42 bits per heavy atom. The Hall–Kier alpha value is -0.170. The second-order valence-electron chi connectivity index (χ2n) is 4.43. The molecule has 0 aliphatic heterocycles. The minimum atomic E-state index is -0.493. The number of hydrogen-bond donors (Lipinski definition) is 1. The summed E-state index contributed by atoms with van der Waals surface area (Å²) in [6.45, 7) is 6.88. The summed E-state index contributed by atoms with van der Waals surface area (Å²) in [5.41, 5.74) is 2.02. The first-order valence-corrected chi connectivity index (χ1v) is 8.50. The third-order valence-electron chi connectivity index (χ3n) is 3.04. The lowest BCUT2D eigenvalue weighted by molar-refractivity contribution is 0.179. The number of halogens is 2. The number of aliphatic hydroxyl groups excluding tert-OH is 1. The summed E-state index contributed by atoms with van der Waals surface area (Å²) in [7, 11) is 0. The quantitative estimate of drug-likeness (QED) is 0.816. The molecule has 0 radical (unpaired) electrons. The minimum absolute atomic E-state index is 0.493. The maximum atomic E-state index is 10.4. The highest BCUT2D eigenvalue weighted by Gasteiger charge is 2.19. The molecule has 0 saturated carbocycles. The lowest BCUT2D eigenvalue weighted by Crippen LogP contribution is -2.08. The Morgan fingerprint density at radius 2 is 2.11 bits per heavy atom. The fourth-order valence-electron chi connectivity index (χ4n) is 1.99. The number of thiophene rings is 1. The van der Waals surface area contributed by atoms with Gasteiger partial charge in [0.05, 0.1) is 22.0 Å². The highest BCUT2D eigenvalue weighted by molar-refractivity contribution is 9.10. The van der Waals surface area contributed by atoms with Crippen molar-refractivity contribution in [3.05, 3.63) is 36.2 Å². The van der Waals surface area contributed by atoms with E-state index in [0.717, 1.165) is 31.8 Å². The van der Waals surface area contributed by atoms with Gasteiger partial charge in [0.15, 0.2) is 0 Å². The van der Waals surface area contributed by atoms with Gasteiger partial charge in [-0.25, -0.2) is 0 Å². The van der Waals surface area contributed by atoms with Crippen LogP contribution in [0.25, 0.3) is 0 Å². The maximum Gasteiger partial charge on any atom is 0.0938 e. The van der Waals surface area contributed by atoms with Gasteiger partial charge >= 0.3 is 0 Å². The normalized spacial score (nSPS) is 12.9. The molecule has 1 atom stereocenters. The van der Waals surface area contributed by atoms with Crippen LogP contribution in [0.1, 0.15) is 34.2 Å². The van der Waals surface area contributed by atoms with Crippen molar-refractivity contribution in [1.82, 2.24) is 9.78 Å². The summed E-state index contributed by atoms with van der Waals surface area (Å²) in [5.74, 6) is 0. The van der Waals surface area contributed by atoms with Gasteiger partial charge in [-0.1, -0.05) is 0 Å². The van der Waals surface area contributed by atoms with E-state index in [1.54, 1.807) is 11.3 Å². The van der Waals surface area contributed by atoms with Crippen LogP contribution in [0.15, 0.2) is 15.0 Å². The molecule has 0 fully saturated rings. The van der Waals surface area contributed by atoms with Crippen LogP contribution >= 0.6 is 43.2 Å². The molecular formula is C13H16Br2N2OS. The Morgan fingerprint density at radius 3 is 2.63 bits per heavy atom. The van der Waals surface area contributed by atoms with E-state index in [2.05, 4.69) is 43.9 Å². The largest absolute Gasteiger partial charge is 0.387 e. The van der Waals surface area contributed by atoms with Gasteiger partial charge in [0, 0.05) is 27.2 Å². The summed E-state index contributed by atoms with van der Waals surface area (Å²) in [6, 6.07) is 2.00. The minimum Gasteiger partial charge on any atom is -0.387 e. The molecule has 2 aromatic heterocycles. The molecule has 0 spiro atoms. The SMILES string of the molecule is CCn1nc(C)c(Br)c1CC(O)c1cc(Br)c(C)s1. The molecule has 1 unspecified atom stereocenters. The molecule has 2 rings (SSSR count). The zero-order valence-corrected chi connectivity index (χ0v) is 15.1. The van der Waals surface area contributed by atoms with Gasteiger partial charge in [-0.05, 0) is 58.7 Å². The van der Waals surface area contributed by atoms with Crippen LogP contribution in [0.5, 0.6) is 0 Å². The lowest BCUT2D eigenvalue weighted by Gasteiger charge is -2.10. The number of hydrogen-bond acceptors (Lipinski definition) is 3. The highest BCUT2D eigenvalue weighted by atomic mass is 79.9. The summed E-state index contributed by atoms with van der Waals surface area (Å²) in [4.78, 5) is 2.17. The third kappa shape index (κ3) is 3.12. The lowest BCUT2D eigenvalue weighted by atomic mass is 10.1. The van der Waals surface area contributed by atoms with E-state index in [1.807, 2.05) is 24.6 Å².